The van der Waals surface area contributed by atoms with Crippen molar-refractivity contribution in [2.75, 3.05) is 13.1 Å². The Morgan fingerprint density at radius 2 is 1.44 bits per heavy atom. The van der Waals surface area contributed by atoms with Crippen molar-refractivity contribution in [3.05, 3.63) is 0 Å². The van der Waals surface area contributed by atoms with Crippen molar-refractivity contribution in [1.29, 1.82) is 0 Å². The van der Waals surface area contributed by atoms with Crippen molar-refractivity contribution in [2.45, 2.75) is 5.92 Å². The first-order chi connectivity index (χ1) is 4.14. The number of rotatable bonds is 2. The fourth-order valence-electron chi connectivity index (χ4n) is 1.10. The highest BCUT2D eigenvalue weighted by atomic mass is 19.3. The average Bonchev–Trinajstić information content (AvgIpc) is 2.32. The summed E-state index contributed by atoms with van der Waals surface area (Å²) in [5, 5.41) is 0. The summed E-state index contributed by atoms with van der Waals surface area (Å²) in [5.41, 5.74) is 10.1. The molecule has 0 aliphatic heterocycles. The molecule has 0 amide bonds. The summed E-state index contributed by atoms with van der Waals surface area (Å²) in [6.45, 7) is 0.101. The summed E-state index contributed by atoms with van der Waals surface area (Å²) in [5.74, 6) is -3.87. The molecule has 0 spiro atoms. The maximum atomic E-state index is 12.3. The van der Waals surface area contributed by atoms with Gasteiger partial charge in [-0.1, -0.05) is 0 Å². The maximum absolute atomic E-state index is 12.3. The molecule has 54 valence electrons. The molecule has 9 heavy (non-hydrogen) atoms. The first kappa shape index (κ1) is 6.89. The summed E-state index contributed by atoms with van der Waals surface area (Å²) in [6.07, 6.45) is 0. The smallest absolute Gasteiger partial charge is 0.257 e. The first-order valence-corrected chi connectivity index (χ1v) is 2.92. The fraction of sp³-hybridized carbons (Fsp3) is 1.00. The molecule has 0 bridgehead atoms. The first-order valence-electron chi connectivity index (χ1n) is 2.92. The van der Waals surface area contributed by atoms with Crippen LogP contribution in [-0.4, -0.2) is 19.0 Å². The van der Waals surface area contributed by atoms with Crippen LogP contribution in [0.4, 0.5) is 8.78 Å². The normalized spacial score (nSPS) is 38.7. The molecule has 2 nitrogen and oxygen atoms in total. The van der Waals surface area contributed by atoms with Gasteiger partial charge in [0.2, 0.25) is 0 Å². The fourth-order valence-corrected chi connectivity index (χ4v) is 1.10. The third-order valence-electron chi connectivity index (χ3n) is 1.87. The summed E-state index contributed by atoms with van der Waals surface area (Å²) in [6, 6.07) is 0. The van der Waals surface area contributed by atoms with Crippen LogP contribution in [0, 0.1) is 11.8 Å². The number of nitrogens with two attached hydrogens (primary N) is 2. The zero-order valence-electron chi connectivity index (χ0n) is 4.98. The Morgan fingerprint density at radius 3 is 1.56 bits per heavy atom. The van der Waals surface area contributed by atoms with E-state index >= 15 is 0 Å². The van der Waals surface area contributed by atoms with E-state index in [1.165, 1.54) is 0 Å². The van der Waals surface area contributed by atoms with Gasteiger partial charge in [-0.15, -0.1) is 0 Å². The largest absolute Gasteiger partial charge is 0.330 e. The number of hydrogen-bond acceptors (Lipinski definition) is 2. The van der Waals surface area contributed by atoms with Gasteiger partial charge in [-0.25, -0.2) is 8.78 Å². The van der Waals surface area contributed by atoms with Gasteiger partial charge in [-0.2, -0.15) is 0 Å². The number of halogens is 2. The summed E-state index contributed by atoms with van der Waals surface area (Å²) in [4.78, 5) is 0. The molecular formula is C5H10F2N2. The monoisotopic (exact) mass is 136 g/mol. The van der Waals surface area contributed by atoms with Crippen LogP contribution in [0.5, 0.6) is 0 Å². The molecule has 1 aliphatic carbocycles. The Labute approximate surface area is 52.2 Å². The van der Waals surface area contributed by atoms with E-state index < -0.39 is 17.8 Å². The molecular weight excluding hydrogens is 126 g/mol. The minimum absolute atomic E-state index is 0.0505. The second-order valence-corrected chi connectivity index (χ2v) is 2.36. The van der Waals surface area contributed by atoms with Gasteiger partial charge in [0.1, 0.15) is 0 Å². The minimum atomic E-state index is -2.57. The predicted octanol–water partition coefficient (Wildman–Crippen LogP) is -0.215. The van der Waals surface area contributed by atoms with Crippen LogP contribution in [0.25, 0.3) is 0 Å². The molecule has 0 saturated heterocycles. The Morgan fingerprint density at radius 1 is 1.11 bits per heavy atom. The van der Waals surface area contributed by atoms with Crippen molar-refractivity contribution >= 4 is 0 Å². The van der Waals surface area contributed by atoms with Crippen molar-refractivity contribution in [2.24, 2.45) is 23.3 Å². The second kappa shape index (κ2) is 1.88. The standard InChI is InChI=1S/C5H10F2N2/c6-5(7)3(1-8)4(5)2-9/h3-4H,1-2,8-9H2/t3-,4+. The lowest BCUT2D eigenvalue weighted by molar-refractivity contribution is 0.0864. The SMILES string of the molecule is NC[C@@H]1[C@H](CN)C1(F)F. The average molecular weight is 136 g/mol. The molecule has 1 aliphatic rings. The van der Waals surface area contributed by atoms with Crippen molar-refractivity contribution in [3.8, 4) is 0 Å². The minimum Gasteiger partial charge on any atom is -0.330 e. The lowest BCUT2D eigenvalue weighted by Crippen LogP contribution is -2.08. The molecule has 2 atom stereocenters. The molecule has 0 aromatic carbocycles. The zero-order valence-corrected chi connectivity index (χ0v) is 4.98. The quantitative estimate of drug-likeness (QED) is 0.551. The van der Waals surface area contributed by atoms with Gasteiger partial charge in [0.05, 0.1) is 0 Å². The van der Waals surface area contributed by atoms with Gasteiger partial charge >= 0.3 is 0 Å². The van der Waals surface area contributed by atoms with Crippen LogP contribution < -0.4 is 11.5 Å². The Hall–Kier alpha value is -0.220. The molecule has 1 rings (SSSR count). The van der Waals surface area contributed by atoms with Crippen LogP contribution in [0.1, 0.15) is 0 Å². The molecule has 0 heterocycles. The number of alkyl halides is 2. The lowest BCUT2D eigenvalue weighted by atomic mass is 10.3. The number of hydrogen-bond donors (Lipinski definition) is 2. The van der Waals surface area contributed by atoms with Crippen molar-refractivity contribution in [1.82, 2.24) is 0 Å². The third-order valence-corrected chi connectivity index (χ3v) is 1.87. The van der Waals surface area contributed by atoms with Crippen LogP contribution in [0.15, 0.2) is 0 Å². The Balaban J connectivity index is 2.45. The lowest BCUT2D eigenvalue weighted by Gasteiger charge is -1.88. The molecule has 4 heteroatoms. The highest BCUT2D eigenvalue weighted by Gasteiger charge is 2.66. The summed E-state index contributed by atoms with van der Waals surface area (Å²) in [7, 11) is 0. The van der Waals surface area contributed by atoms with Gasteiger partial charge < -0.3 is 11.5 Å². The highest BCUT2D eigenvalue weighted by Crippen LogP contribution is 2.53. The molecule has 4 N–H and O–H groups in total. The Kier molecular flexibility index (Phi) is 1.44. The summed E-state index contributed by atoms with van der Waals surface area (Å²) < 4.78 is 24.6. The highest BCUT2D eigenvalue weighted by molar-refractivity contribution is 5.05. The van der Waals surface area contributed by atoms with E-state index in [2.05, 4.69) is 0 Å². The second-order valence-electron chi connectivity index (χ2n) is 2.36. The van der Waals surface area contributed by atoms with Crippen LogP contribution in [0.2, 0.25) is 0 Å². The maximum Gasteiger partial charge on any atom is 0.257 e. The molecule has 0 aromatic heterocycles. The molecule has 0 unspecified atom stereocenters. The van der Waals surface area contributed by atoms with Gasteiger partial charge in [0.25, 0.3) is 5.92 Å². The third kappa shape index (κ3) is 0.822. The van der Waals surface area contributed by atoms with E-state index in [0.717, 1.165) is 0 Å². The molecule has 1 saturated carbocycles. The van der Waals surface area contributed by atoms with Gasteiger partial charge in [-0.05, 0) is 0 Å². The van der Waals surface area contributed by atoms with E-state index in [1.807, 2.05) is 0 Å². The van der Waals surface area contributed by atoms with Gasteiger partial charge in [0.15, 0.2) is 0 Å². The zero-order chi connectivity index (χ0) is 7.07. The van der Waals surface area contributed by atoms with E-state index in [0.29, 0.717) is 0 Å². The van der Waals surface area contributed by atoms with Crippen LogP contribution in [0.3, 0.4) is 0 Å². The van der Waals surface area contributed by atoms with Crippen LogP contribution in [-0.2, 0) is 0 Å². The Bertz CT molecular complexity index is 104. The molecule has 1 fully saturated rings. The van der Waals surface area contributed by atoms with E-state index in [-0.39, 0.29) is 13.1 Å². The van der Waals surface area contributed by atoms with Crippen LogP contribution >= 0.6 is 0 Å². The van der Waals surface area contributed by atoms with E-state index in [9.17, 15) is 8.78 Å². The van der Waals surface area contributed by atoms with Gasteiger partial charge in [-0.3, -0.25) is 0 Å². The van der Waals surface area contributed by atoms with E-state index in [1.54, 1.807) is 0 Å². The van der Waals surface area contributed by atoms with E-state index in [4.69, 9.17) is 11.5 Å². The van der Waals surface area contributed by atoms with Gasteiger partial charge in [0, 0.05) is 24.9 Å². The summed E-state index contributed by atoms with van der Waals surface area (Å²) >= 11 is 0. The topological polar surface area (TPSA) is 52.0 Å². The predicted molar refractivity (Wildman–Crippen MR) is 30.0 cm³/mol. The van der Waals surface area contributed by atoms with Crippen molar-refractivity contribution < 1.29 is 8.78 Å². The van der Waals surface area contributed by atoms with Crippen molar-refractivity contribution in [3.63, 3.8) is 0 Å². The molecule has 0 aromatic rings. The molecule has 0 radical (unpaired) electrons.